The van der Waals surface area contributed by atoms with Crippen LogP contribution in [0, 0.1) is 11.3 Å². The van der Waals surface area contributed by atoms with Gasteiger partial charge in [-0.15, -0.1) is 0 Å². The molecule has 0 heterocycles. The van der Waals surface area contributed by atoms with Gasteiger partial charge in [0.25, 0.3) is 0 Å². The second-order valence-corrected chi connectivity index (χ2v) is 5.91. The molecular weight excluding hydrogens is 340 g/mol. The van der Waals surface area contributed by atoms with E-state index in [9.17, 15) is 4.79 Å². The number of carbonyl (C=O) groups is 1. The van der Waals surface area contributed by atoms with Gasteiger partial charge >= 0.3 is 0 Å². The van der Waals surface area contributed by atoms with Crippen molar-refractivity contribution in [1.82, 2.24) is 4.90 Å². The average Bonchev–Trinajstić information content (AvgIpc) is 2.68. The van der Waals surface area contributed by atoms with Crippen molar-refractivity contribution in [2.45, 2.75) is 20.4 Å². The Bertz CT molecular complexity index is 836. The molecule has 0 aliphatic rings. The maximum atomic E-state index is 12.4. The normalized spacial score (nSPS) is 10.4. The second kappa shape index (κ2) is 10.0. The third-order valence-electron chi connectivity index (χ3n) is 3.86. The molecule has 0 N–H and O–H groups in total. The summed E-state index contributed by atoms with van der Waals surface area (Å²) in [6, 6.07) is 14.9. The lowest BCUT2D eigenvalue weighted by Crippen LogP contribution is -2.24. The van der Waals surface area contributed by atoms with Gasteiger partial charge in [-0.05, 0) is 55.3 Å². The van der Waals surface area contributed by atoms with Crippen molar-refractivity contribution in [2.75, 3.05) is 20.3 Å². The van der Waals surface area contributed by atoms with E-state index in [4.69, 9.17) is 14.7 Å². The van der Waals surface area contributed by atoms with Crippen molar-refractivity contribution in [2.24, 2.45) is 0 Å². The first kappa shape index (κ1) is 20.1. The number of nitriles is 1. The number of hydrogen-bond acceptors (Lipinski definition) is 4. The van der Waals surface area contributed by atoms with Crippen LogP contribution in [0.3, 0.4) is 0 Å². The fraction of sp³-hybridized carbons (Fsp3) is 0.273. The Morgan fingerprint density at radius 1 is 1.07 bits per heavy atom. The molecule has 0 radical (unpaired) electrons. The van der Waals surface area contributed by atoms with Gasteiger partial charge < -0.3 is 14.4 Å². The highest BCUT2D eigenvalue weighted by Gasteiger charge is 2.08. The summed E-state index contributed by atoms with van der Waals surface area (Å²) in [5, 5.41) is 8.84. The molecule has 2 aromatic rings. The molecule has 5 nitrogen and oxygen atoms in total. The van der Waals surface area contributed by atoms with Crippen molar-refractivity contribution in [3.63, 3.8) is 0 Å². The van der Waals surface area contributed by atoms with Crippen LogP contribution in [0.1, 0.15) is 30.5 Å². The number of nitrogens with zero attached hydrogens (tertiary/aromatic N) is 2. The van der Waals surface area contributed by atoms with Gasteiger partial charge in [-0.2, -0.15) is 5.26 Å². The summed E-state index contributed by atoms with van der Waals surface area (Å²) in [4.78, 5) is 14.0. The molecule has 0 saturated carbocycles. The molecule has 0 bridgehead atoms. The van der Waals surface area contributed by atoms with Gasteiger partial charge in [0.05, 0.1) is 24.8 Å². The molecule has 2 rings (SSSR count). The van der Waals surface area contributed by atoms with E-state index in [-0.39, 0.29) is 5.91 Å². The second-order valence-electron chi connectivity index (χ2n) is 5.91. The Balaban J connectivity index is 2.03. The molecule has 0 fully saturated rings. The average molecular weight is 364 g/mol. The van der Waals surface area contributed by atoms with Gasteiger partial charge in [-0.1, -0.05) is 18.2 Å². The first-order chi connectivity index (χ1) is 13.1. The summed E-state index contributed by atoms with van der Waals surface area (Å²) in [6.07, 6.45) is 3.30. The molecule has 0 unspecified atom stereocenters. The van der Waals surface area contributed by atoms with Crippen LogP contribution in [0.5, 0.6) is 11.5 Å². The number of rotatable bonds is 8. The van der Waals surface area contributed by atoms with Crippen molar-refractivity contribution in [3.8, 4) is 17.6 Å². The fourth-order valence-corrected chi connectivity index (χ4v) is 2.50. The number of amides is 1. The highest BCUT2D eigenvalue weighted by atomic mass is 16.5. The van der Waals surface area contributed by atoms with E-state index in [0.717, 1.165) is 11.1 Å². The maximum Gasteiger partial charge on any atom is 0.246 e. The van der Waals surface area contributed by atoms with Gasteiger partial charge in [-0.3, -0.25) is 4.79 Å². The van der Waals surface area contributed by atoms with Gasteiger partial charge in [0.15, 0.2) is 11.5 Å². The molecule has 0 atom stereocenters. The summed E-state index contributed by atoms with van der Waals surface area (Å²) in [6.45, 7) is 5.42. The van der Waals surface area contributed by atoms with Crippen LogP contribution >= 0.6 is 0 Å². The van der Waals surface area contributed by atoms with Crippen LogP contribution in [0.25, 0.3) is 6.08 Å². The highest BCUT2D eigenvalue weighted by molar-refractivity contribution is 5.91. The third-order valence-corrected chi connectivity index (χ3v) is 3.86. The van der Waals surface area contributed by atoms with E-state index in [2.05, 4.69) is 6.07 Å². The van der Waals surface area contributed by atoms with Crippen molar-refractivity contribution in [3.05, 3.63) is 65.2 Å². The Kier molecular flexibility index (Phi) is 7.45. The first-order valence-corrected chi connectivity index (χ1v) is 8.89. The predicted molar refractivity (Wildman–Crippen MR) is 105 cm³/mol. The predicted octanol–water partition coefficient (Wildman–Crippen LogP) is 4.03. The van der Waals surface area contributed by atoms with Crippen LogP contribution in [-0.2, 0) is 11.3 Å². The lowest BCUT2D eigenvalue weighted by molar-refractivity contribution is -0.125. The maximum absolute atomic E-state index is 12.4. The van der Waals surface area contributed by atoms with E-state index < -0.39 is 0 Å². The van der Waals surface area contributed by atoms with E-state index in [1.807, 2.05) is 44.2 Å². The van der Waals surface area contributed by atoms with Gasteiger partial charge in [0.2, 0.25) is 5.91 Å². The molecule has 140 valence electrons. The molecule has 27 heavy (non-hydrogen) atoms. The summed E-state index contributed by atoms with van der Waals surface area (Å²) >= 11 is 0. The van der Waals surface area contributed by atoms with Crippen LogP contribution in [0.2, 0.25) is 0 Å². The number of benzene rings is 2. The van der Waals surface area contributed by atoms with Gasteiger partial charge in [0.1, 0.15) is 0 Å². The number of likely N-dealkylation sites (N-methyl/N-ethyl adjacent to an activating group) is 1. The van der Waals surface area contributed by atoms with Gasteiger partial charge in [-0.25, -0.2) is 0 Å². The quantitative estimate of drug-likeness (QED) is 0.664. The zero-order chi connectivity index (χ0) is 19.6. The molecule has 0 spiro atoms. The van der Waals surface area contributed by atoms with E-state index in [0.29, 0.717) is 36.8 Å². The summed E-state index contributed by atoms with van der Waals surface area (Å²) in [7, 11) is 1.74. The minimum Gasteiger partial charge on any atom is -0.490 e. The van der Waals surface area contributed by atoms with Gasteiger partial charge in [0, 0.05) is 19.7 Å². The zero-order valence-corrected chi connectivity index (χ0v) is 15.9. The largest absolute Gasteiger partial charge is 0.490 e. The molecule has 0 aliphatic heterocycles. The van der Waals surface area contributed by atoms with E-state index >= 15 is 0 Å². The molecular formula is C22H24N2O3. The van der Waals surface area contributed by atoms with Crippen LogP contribution < -0.4 is 9.47 Å². The monoisotopic (exact) mass is 364 g/mol. The third kappa shape index (κ3) is 5.89. The van der Waals surface area contributed by atoms with Crippen LogP contribution in [0.15, 0.2) is 48.5 Å². The summed E-state index contributed by atoms with van der Waals surface area (Å²) < 4.78 is 11.2. The van der Waals surface area contributed by atoms with Crippen molar-refractivity contribution < 1.29 is 14.3 Å². The number of carbonyl (C=O) groups excluding carboxylic acids is 1. The lowest BCUT2D eigenvalue weighted by Gasteiger charge is -2.15. The lowest BCUT2D eigenvalue weighted by atomic mass is 10.1. The van der Waals surface area contributed by atoms with E-state index in [1.54, 1.807) is 30.2 Å². The van der Waals surface area contributed by atoms with Crippen LogP contribution in [0.4, 0.5) is 0 Å². The number of ether oxygens (including phenoxy) is 2. The number of hydrogen-bond donors (Lipinski definition) is 0. The molecule has 2 aromatic carbocycles. The standard InChI is InChI=1S/C22H24N2O3/c1-4-26-20-12-10-17(14-21(20)27-5-2)11-13-22(25)24(3)16-19-8-6-18(15-23)7-9-19/h6-14H,4-5,16H2,1-3H3/b13-11+. The Morgan fingerprint density at radius 3 is 2.37 bits per heavy atom. The first-order valence-electron chi connectivity index (χ1n) is 8.89. The van der Waals surface area contributed by atoms with Crippen molar-refractivity contribution >= 4 is 12.0 Å². The van der Waals surface area contributed by atoms with Crippen molar-refractivity contribution in [1.29, 1.82) is 5.26 Å². The minimum atomic E-state index is -0.105. The van der Waals surface area contributed by atoms with Crippen LogP contribution in [-0.4, -0.2) is 31.1 Å². The molecule has 5 heteroatoms. The Labute approximate surface area is 160 Å². The minimum absolute atomic E-state index is 0.105. The smallest absolute Gasteiger partial charge is 0.246 e. The zero-order valence-electron chi connectivity index (χ0n) is 15.9. The molecule has 0 aromatic heterocycles. The summed E-state index contributed by atoms with van der Waals surface area (Å²) in [5.41, 5.74) is 2.44. The summed E-state index contributed by atoms with van der Waals surface area (Å²) in [5.74, 6) is 1.26. The fourth-order valence-electron chi connectivity index (χ4n) is 2.50. The molecule has 0 saturated heterocycles. The molecule has 1 amide bonds. The Morgan fingerprint density at radius 2 is 1.74 bits per heavy atom. The van der Waals surface area contributed by atoms with E-state index in [1.165, 1.54) is 6.08 Å². The molecule has 0 aliphatic carbocycles. The topological polar surface area (TPSA) is 62.6 Å². The SMILES string of the molecule is CCOc1ccc(/C=C/C(=O)N(C)Cc2ccc(C#N)cc2)cc1OCC. The highest BCUT2D eigenvalue weighted by Crippen LogP contribution is 2.29. The Hall–Kier alpha value is -3.26.